The van der Waals surface area contributed by atoms with E-state index in [0.29, 0.717) is 22.4 Å². The Hall–Kier alpha value is -4.37. The molecule has 0 spiro atoms. The third-order valence-electron chi connectivity index (χ3n) is 5.28. The summed E-state index contributed by atoms with van der Waals surface area (Å²) in [6, 6.07) is 22.7. The SMILES string of the molecule is COC(=O)c1cc(-c2cc(-c3ccc(OC)cc3)nc(OC)c2C#N)c2cccccc1-2. The van der Waals surface area contributed by atoms with E-state index in [4.69, 9.17) is 14.2 Å². The van der Waals surface area contributed by atoms with Crippen LogP contribution in [-0.2, 0) is 4.74 Å². The third-order valence-corrected chi connectivity index (χ3v) is 5.28. The Balaban J connectivity index is 2.00. The third kappa shape index (κ3) is 3.61. The summed E-state index contributed by atoms with van der Waals surface area (Å²) in [7, 11) is 4.44. The summed E-state index contributed by atoms with van der Waals surface area (Å²) in [5.41, 5.74) is 5.10. The fraction of sp³-hybridized carbons (Fsp3) is 0.115. The van der Waals surface area contributed by atoms with E-state index in [-0.39, 0.29) is 5.88 Å². The lowest BCUT2D eigenvalue weighted by Gasteiger charge is -2.12. The number of fused-ring (bicyclic) bond motifs is 1. The molecule has 32 heavy (non-hydrogen) atoms. The van der Waals surface area contributed by atoms with E-state index in [2.05, 4.69) is 11.1 Å². The van der Waals surface area contributed by atoms with Crippen molar-refractivity contribution in [2.45, 2.75) is 0 Å². The number of benzene rings is 1. The Bertz CT molecular complexity index is 1310. The van der Waals surface area contributed by atoms with Crippen LogP contribution in [0.5, 0.6) is 11.6 Å². The number of nitriles is 1. The van der Waals surface area contributed by atoms with Gasteiger partial charge in [-0.05, 0) is 53.1 Å². The van der Waals surface area contributed by atoms with Crippen molar-refractivity contribution < 1.29 is 19.0 Å². The minimum absolute atomic E-state index is 0.213. The molecule has 0 saturated carbocycles. The highest BCUT2D eigenvalue weighted by Gasteiger charge is 2.25. The molecule has 1 heterocycles. The standard InChI is InChI=1S/C26H20N2O4/c1-30-17-11-9-16(10-12-17)24-14-21(23(15-27)25(28-24)31-2)20-13-22(26(29)32-3)19-8-6-4-5-7-18(19)20/h4-14H,1-3H3. The number of hydrogen-bond acceptors (Lipinski definition) is 6. The van der Waals surface area contributed by atoms with Gasteiger partial charge in [0.2, 0.25) is 5.88 Å². The van der Waals surface area contributed by atoms with Gasteiger partial charge in [-0.1, -0.05) is 30.3 Å². The molecule has 2 aromatic rings. The lowest BCUT2D eigenvalue weighted by Crippen LogP contribution is -2.00. The highest BCUT2D eigenvalue weighted by Crippen LogP contribution is 2.42. The molecule has 0 unspecified atom stereocenters. The lowest BCUT2D eigenvalue weighted by molar-refractivity contribution is 0.0602. The maximum absolute atomic E-state index is 12.5. The molecule has 0 amide bonds. The highest BCUT2D eigenvalue weighted by atomic mass is 16.5. The van der Waals surface area contributed by atoms with E-state index in [1.165, 1.54) is 14.2 Å². The number of ether oxygens (including phenoxy) is 3. The molecule has 0 aliphatic heterocycles. The summed E-state index contributed by atoms with van der Waals surface area (Å²) >= 11 is 0. The molecule has 6 nitrogen and oxygen atoms in total. The van der Waals surface area contributed by atoms with Gasteiger partial charge >= 0.3 is 5.97 Å². The number of pyridine rings is 1. The van der Waals surface area contributed by atoms with Crippen molar-refractivity contribution in [2.24, 2.45) is 0 Å². The Morgan fingerprint density at radius 1 is 0.844 bits per heavy atom. The van der Waals surface area contributed by atoms with Gasteiger partial charge in [0.15, 0.2) is 0 Å². The summed E-state index contributed by atoms with van der Waals surface area (Å²) < 4.78 is 15.7. The van der Waals surface area contributed by atoms with Gasteiger partial charge in [0.05, 0.1) is 32.6 Å². The molecule has 0 fully saturated rings. The molecule has 0 atom stereocenters. The average molecular weight is 424 g/mol. The number of nitrogens with zero attached hydrogens (tertiary/aromatic N) is 2. The molecule has 2 aliphatic carbocycles. The zero-order valence-electron chi connectivity index (χ0n) is 17.9. The molecule has 0 radical (unpaired) electrons. The monoisotopic (exact) mass is 424 g/mol. The first-order chi connectivity index (χ1) is 15.6. The highest BCUT2D eigenvalue weighted by molar-refractivity contribution is 6.05. The van der Waals surface area contributed by atoms with Crippen molar-refractivity contribution in [1.82, 2.24) is 4.98 Å². The molecule has 6 heteroatoms. The largest absolute Gasteiger partial charge is 0.497 e. The molecule has 158 valence electrons. The molecular formula is C26H20N2O4. The molecule has 0 saturated heterocycles. The Morgan fingerprint density at radius 3 is 2.19 bits per heavy atom. The first kappa shape index (κ1) is 20.9. The van der Waals surface area contributed by atoms with Crippen molar-refractivity contribution >= 4 is 5.97 Å². The molecule has 0 N–H and O–H groups in total. The van der Waals surface area contributed by atoms with Crippen molar-refractivity contribution in [3.8, 4) is 51.2 Å². The summed E-state index contributed by atoms with van der Waals surface area (Å²) in [5, 5.41) is 9.93. The second kappa shape index (κ2) is 8.78. The Labute approximate surface area is 186 Å². The van der Waals surface area contributed by atoms with E-state index in [1.807, 2.05) is 60.7 Å². The van der Waals surface area contributed by atoms with Crippen LogP contribution in [0.3, 0.4) is 0 Å². The normalized spacial score (nSPS) is 10.4. The van der Waals surface area contributed by atoms with Crippen LogP contribution in [0, 0.1) is 11.3 Å². The first-order valence-electron chi connectivity index (χ1n) is 9.85. The summed E-state index contributed by atoms with van der Waals surface area (Å²) in [6.45, 7) is 0. The van der Waals surface area contributed by atoms with Crippen molar-refractivity contribution in [1.29, 1.82) is 5.26 Å². The van der Waals surface area contributed by atoms with Crippen molar-refractivity contribution in [3.05, 3.63) is 77.9 Å². The average Bonchev–Trinajstić information content (AvgIpc) is 3.02. The zero-order valence-corrected chi connectivity index (χ0v) is 17.9. The molecular weight excluding hydrogens is 404 g/mol. The van der Waals surface area contributed by atoms with Crippen LogP contribution in [0.2, 0.25) is 0 Å². The quantitative estimate of drug-likeness (QED) is 0.410. The van der Waals surface area contributed by atoms with Crippen LogP contribution in [-0.4, -0.2) is 32.3 Å². The molecule has 4 rings (SSSR count). The first-order valence-corrected chi connectivity index (χ1v) is 9.85. The fourth-order valence-electron chi connectivity index (χ4n) is 3.72. The minimum Gasteiger partial charge on any atom is -0.497 e. The Kier molecular flexibility index (Phi) is 5.73. The maximum atomic E-state index is 12.5. The van der Waals surface area contributed by atoms with Crippen LogP contribution < -0.4 is 9.47 Å². The number of hydrogen-bond donors (Lipinski definition) is 0. The fourth-order valence-corrected chi connectivity index (χ4v) is 3.72. The number of carbonyl (C=O) groups excluding carboxylic acids is 1. The topological polar surface area (TPSA) is 81.4 Å². The lowest BCUT2D eigenvalue weighted by atomic mass is 9.97. The van der Waals surface area contributed by atoms with Crippen LogP contribution in [0.25, 0.3) is 33.5 Å². The number of esters is 1. The maximum Gasteiger partial charge on any atom is 0.338 e. The van der Waals surface area contributed by atoms with Crippen molar-refractivity contribution in [2.75, 3.05) is 21.3 Å². The summed E-state index contributed by atoms with van der Waals surface area (Å²) in [4.78, 5) is 17.0. The van der Waals surface area contributed by atoms with Gasteiger partial charge in [-0.3, -0.25) is 0 Å². The smallest absolute Gasteiger partial charge is 0.338 e. The predicted octanol–water partition coefficient (Wildman–Crippen LogP) is 5.20. The van der Waals surface area contributed by atoms with Crippen LogP contribution in [0.1, 0.15) is 15.9 Å². The van der Waals surface area contributed by atoms with Gasteiger partial charge < -0.3 is 14.2 Å². The molecule has 2 aliphatic rings. The van der Waals surface area contributed by atoms with Crippen LogP contribution in [0.15, 0.2) is 66.7 Å². The predicted molar refractivity (Wildman–Crippen MR) is 121 cm³/mol. The second-order valence-electron chi connectivity index (χ2n) is 6.98. The van der Waals surface area contributed by atoms with Crippen molar-refractivity contribution in [3.63, 3.8) is 0 Å². The number of rotatable bonds is 5. The van der Waals surface area contributed by atoms with Gasteiger partial charge in [0.1, 0.15) is 17.4 Å². The number of aromatic nitrogens is 1. The summed E-state index contributed by atoms with van der Waals surface area (Å²) in [6.07, 6.45) is 0. The van der Waals surface area contributed by atoms with Gasteiger partial charge in [-0.15, -0.1) is 0 Å². The zero-order chi connectivity index (χ0) is 22.7. The molecule has 1 aromatic carbocycles. The Morgan fingerprint density at radius 2 is 1.56 bits per heavy atom. The number of methoxy groups -OCH3 is 3. The minimum atomic E-state index is -0.442. The molecule has 0 bridgehead atoms. The second-order valence-corrected chi connectivity index (χ2v) is 6.98. The van der Waals surface area contributed by atoms with Crippen LogP contribution >= 0.6 is 0 Å². The van der Waals surface area contributed by atoms with Crippen LogP contribution in [0.4, 0.5) is 0 Å². The number of carbonyl (C=O) groups is 1. The van der Waals surface area contributed by atoms with E-state index in [1.54, 1.807) is 13.2 Å². The van der Waals surface area contributed by atoms with E-state index in [0.717, 1.165) is 28.0 Å². The van der Waals surface area contributed by atoms with E-state index >= 15 is 0 Å². The van der Waals surface area contributed by atoms with E-state index in [9.17, 15) is 10.1 Å². The summed E-state index contributed by atoms with van der Waals surface area (Å²) in [5.74, 6) is 0.499. The van der Waals surface area contributed by atoms with Gasteiger partial charge in [-0.25, -0.2) is 9.78 Å². The van der Waals surface area contributed by atoms with E-state index < -0.39 is 5.97 Å². The molecule has 1 aromatic heterocycles. The van der Waals surface area contributed by atoms with Gasteiger partial charge in [0.25, 0.3) is 0 Å². The van der Waals surface area contributed by atoms with Gasteiger partial charge in [-0.2, -0.15) is 5.26 Å². The van der Waals surface area contributed by atoms with Gasteiger partial charge in [0, 0.05) is 11.1 Å².